The standard InChI is InChI=1S/C11H18N4/c1-8(9-4-2-3-5-9)15-11-7-13-10(12)6-14-11/h6-9H,2-5H2,1H3,(H2,12,13)(H,14,15). The number of anilines is 2. The van der Waals surface area contributed by atoms with Gasteiger partial charge in [-0.2, -0.15) is 0 Å². The highest BCUT2D eigenvalue weighted by Crippen LogP contribution is 2.28. The van der Waals surface area contributed by atoms with Crippen molar-refractivity contribution in [3.63, 3.8) is 0 Å². The summed E-state index contributed by atoms with van der Waals surface area (Å²) in [5.41, 5.74) is 5.48. The molecule has 82 valence electrons. The van der Waals surface area contributed by atoms with Gasteiger partial charge in [-0.05, 0) is 25.7 Å². The SMILES string of the molecule is CC(Nc1cnc(N)cn1)C1CCCC1. The van der Waals surface area contributed by atoms with Gasteiger partial charge in [0.05, 0.1) is 12.4 Å². The molecule has 1 aromatic rings. The molecule has 1 fully saturated rings. The Balaban J connectivity index is 1.92. The summed E-state index contributed by atoms with van der Waals surface area (Å²) in [4.78, 5) is 8.20. The maximum absolute atomic E-state index is 5.48. The van der Waals surface area contributed by atoms with Gasteiger partial charge in [-0.25, -0.2) is 9.97 Å². The summed E-state index contributed by atoms with van der Waals surface area (Å²) in [6.07, 6.45) is 8.67. The van der Waals surface area contributed by atoms with Crippen molar-refractivity contribution in [1.29, 1.82) is 0 Å². The van der Waals surface area contributed by atoms with Gasteiger partial charge in [0.2, 0.25) is 0 Å². The van der Waals surface area contributed by atoms with E-state index in [-0.39, 0.29) is 0 Å². The second kappa shape index (κ2) is 4.47. The van der Waals surface area contributed by atoms with Crippen LogP contribution in [-0.4, -0.2) is 16.0 Å². The van der Waals surface area contributed by atoms with Crippen molar-refractivity contribution in [1.82, 2.24) is 9.97 Å². The molecule has 4 heteroatoms. The Hall–Kier alpha value is -1.32. The summed E-state index contributed by atoms with van der Waals surface area (Å²) in [7, 11) is 0. The molecule has 3 N–H and O–H groups in total. The second-order valence-electron chi connectivity index (χ2n) is 4.30. The minimum Gasteiger partial charge on any atom is -0.382 e. The minimum atomic E-state index is 0.467. The fourth-order valence-electron chi connectivity index (χ4n) is 2.22. The van der Waals surface area contributed by atoms with Gasteiger partial charge in [-0.15, -0.1) is 0 Å². The van der Waals surface area contributed by atoms with E-state index in [2.05, 4.69) is 22.2 Å². The number of rotatable bonds is 3. The van der Waals surface area contributed by atoms with E-state index in [0.29, 0.717) is 11.9 Å². The van der Waals surface area contributed by atoms with E-state index in [9.17, 15) is 0 Å². The largest absolute Gasteiger partial charge is 0.382 e. The molecule has 1 aromatic heterocycles. The molecular formula is C11H18N4. The maximum atomic E-state index is 5.48. The molecule has 4 nitrogen and oxygen atoms in total. The highest BCUT2D eigenvalue weighted by Gasteiger charge is 2.21. The molecule has 0 saturated heterocycles. The number of hydrogen-bond donors (Lipinski definition) is 2. The molecule has 1 atom stereocenters. The maximum Gasteiger partial charge on any atom is 0.144 e. The van der Waals surface area contributed by atoms with Crippen LogP contribution in [0.4, 0.5) is 11.6 Å². The Morgan fingerprint density at radius 1 is 1.33 bits per heavy atom. The van der Waals surface area contributed by atoms with Crippen LogP contribution in [0.5, 0.6) is 0 Å². The molecule has 1 unspecified atom stereocenters. The van der Waals surface area contributed by atoms with E-state index < -0.39 is 0 Å². The monoisotopic (exact) mass is 206 g/mol. The van der Waals surface area contributed by atoms with Crippen molar-refractivity contribution >= 4 is 11.6 Å². The first kappa shape index (κ1) is 10.2. The van der Waals surface area contributed by atoms with Crippen LogP contribution in [0.2, 0.25) is 0 Å². The van der Waals surface area contributed by atoms with E-state index in [0.717, 1.165) is 11.7 Å². The van der Waals surface area contributed by atoms with Crippen molar-refractivity contribution in [2.24, 2.45) is 5.92 Å². The highest BCUT2D eigenvalue weighted by molar-refractivity contribution is 5.36. The highest BCUT2D eigenvalue weighted by atomic mass is 15.0. The number of aromatic nitrogens is 2. The molecule has 0 radical (unpaired) electrons. The van der Waals surface area contributed by atoms with E-state index in [1.807, 2.05) is 0 Å². The molecule has 1 heterocycles. The van der Waals surface area contributed by atoms with Gasteiger partial charge < -0.3 is 11.1 Å². The summed E-state index contributed by atoms with van der Waals surface area (Å²) in [5, 5.41) is 3.38. The lowest BCUT2D eigenvalue weighted by Gasteiger charge is -2.20. The van der Waals surface area contributed by atoms with E-state index >= 15 is 0 Å². The Kier molecular flexibility index (Phi) is 3.04. The molecule has 1 saturated carbocycles. The molecule has 0 spiro atoms. The van der Waals surface area contributed by atoms with Crippen LogP contribution in [0.15, 0.2) is 12.4 Å². The zero-order chi connectivity index (χ0) is 10.7. The van der Waals surface area contributed by atoms with Gasteiger partial charge >= 0.3 is 0 Å². The van der Waals surface area contributed by atoms with Crippen LogP contribution >= 0.6 is 0 Å². The fraction of sp³-hybridized carbons (Fsp3) is 0.636. The molecule has 0 aromatic carbocycles. The Bertz CT molecular complexity index is 303. The summed E-state index contributed by atoms with van der Waals surface area (Å²) < 4.78 is 0. The van der Waals surface area contributed by atoms with E-state index in [1.165, 1.54) is 25.7 Å². The van der Waals surface area contributed by atoms with Gasteiger partial charge in [0.25, 0.3) is 0 Å². The third-order valence-corrected chi connectivity index (χ3v) is 3.15. The van der Waals surface area contributed by atoms with Gasteiger partial charge in [0.1, 0.15) is 11.6 Å². The molecule has 1 aliphatic rings. The van der Waals surface area contributed by atoms with Crippen molar-refractivity contribution in [3.8, 4) is 0 Å². The number of hydrogen-bond acceptors (Lipinski definition) is 4. The number of nitrogens with one attached hydrogen (secondary N) is 1. The van der Waals surface area contributed by atoms with Crippen LogP contribution in [0.1, 0.15) is 32.6 Å². The lowest BCUT2D eigenvalue weighted by Crippen LogP contribution is -2.24. The summed E-state index contributed by atoms with van der Waals surface area (Å²) in [6.45, 7) is 2.22. The molecule has 2 rings (SSSR count). The minimum absolute atomic E-state index is 0.467. The lowest BCUT2D eigenvalue weighted by molar-refractivity contribution is 0.481. The van der Waals surface area contributed by atoms with Gasteiger partial charge in [0, 0.05) is 6.04 Å². The van der Waals surface area contributed by atoms with Crippen molar-refractivity contribution < 1.29 is 0 Å². The predicted molar refractivity (Wildman–Crippen MR) is 61.5 cm³/mol. The van der Waals surface area contributed by atoms with Crippen LogP contribution in [0.3, 0.4) is 0 Å². The first-order valence-corrected chi connectivity index (χ1v) is 5.60. The topological polar surface area (TPSA) is 63.8 Å². The summed E-state index contributed by atoms with van der Waals surface area (Å²) >= 11 is 0. The normalized spacial score (nSPS) is 19.0. The zero-order valence-corrected chi connectivity index (χ0v) is 9.11. The Morgan fingerprint density at radius 3 is 2.67 bits per heavy atom. The fourth-order valence-corrected chi connectivity index (χ4v) is 2.22. The number of nitrogens with two attached hydrogens (primary N) is 1. The first-order valence-electron chi connectivity index (χ1n) is 5.60. The average Bonchev–Trinajstić information content (AvgIpc) is 2.74. The average molecular weight is 206 g/mol. The molecule has 15 heavy (non-hydrogen) atoms. The van der Waals surface area contributed by atoms with Crippen LogP contribution in [-0.2, 0) is 0 Å². The lowest BCUT2D eigenvalue weighted by atomic mass is 10.00. The second-order valence-corrected chi connectivity index (χ2v) is 4.30. The molecule has 0 aliphatic heterocycles. The molecule has 1 aliphatic carbocycles. The summed E-state index contributed by atoms with van der Waals surface area (Å²) in [5.74, 6) is 2.07. The van der Waals surface area contributed by atoms with Crippen LogP contribution in [0, 0.1) is 5.92 Å². The van der Waals surface area contributed by atoms with Crippen molar-refractivity contribution in [2.75, 3.05) is 11.1 Å². The van der Waals surface area contributed by atoms with Crippen molar-refractivity contribution in [3.05, 3.63) is 12.4 Å². The van der Waals surface area contributed by atoms with Gasteiger partial charge in [0.15, 0.2) is 0 Å². The number of nitrogen functional groups attached to an aromatic ring is 1. The van der Waals surface area contributed by atoms with E-state index in [1.54, 1.807) is 12.4 Å². The molecular weight excluding hydrogens is 188 g/mol. The predicted octanol–water partition coefficient (Wildman–Crippen LogP) is 2.05. The van der Waals surface area contributed by atoms with E-state index in [4.69, 9.17) is 5.73 Å². The summed E-state index contributed by atoms with van der Waals surface area (Å²) in [6, 6.07) is 0.477. The Morgan fingerprint density at radius 2 is 2.07 bits per heavy atom. The smallest absolute Gasteiger partial charge is 0.144 e. The number of nitrogens with zero attached hydrogens (tertiary/aromatic N) is 2. The van der Waals surface area contributed by atoms with Crippen LogP contribution in [0.25, 0.3) is 0 Å². The molecule has 0 bridgehead atoms. The van der Waals surface area contributed by atoms with Gasteiger partial charge in [-0.1, -0.05) is 12.8 Å². The third-order valence-electron chi connectivity index (χ3n) is 3.15. The van der Waals surface area contributed by atoms with Crippen molar-refractivity contribution in [2.45, 2.75) is 38.6 Å². The first-order chi connectivity index (χ1) is 7.25. The van der Waals surface area contributed by atoms with Gasteiger partial charge in [-0.3, -0.25) is 0 Å². The zero-order valence-electron chi connectivity index (χ0n) is 9.11. The Labute approximate surface area is 90.3 Å². The quantitative estimate of drug-likeness (QED) is 0.794. The van der Waals surface area contributed by atoms with Crippen LogP contribution < -0.4 is 11.1 Å². The third kappa shape index (κ3) is 2.58. The molecule has 0 amide bonds.